The molecule has 0 unspecified atom stereocenters. The Morgan fingerprint density at radius 1 is 0.880 bits per heavy atom. The molecule has 8 heteroatoms. The summed E-state index contributed by atoms with van der Waals surface area (Å²) >= 11 is 0. The molecule has 0 aromatic rings. The van der Waals surface area contributed by atoms with Crippen molar-refractivity contribution in [1.29, 1.82) is 0 Å². The normalized spacial score (nSPS) is 13.7. The maximum atomic E-state index is 11.1. The van der Waals surface area contributed by atoms with Crippen LogP contribution < -0.4 is 10.6 Å². The van der Waals surface area contributed by atoms with Crippen molar-refractivity contribution in [1.82, 2.24) is 10.6 Å². The zero-order chi connectivity index (χ0) is 20.3. The molecule has 0 aliphatic rings. The highest BCUT2D eigenvalue weighted by atomic mass is 16.6. The molecule has 8 nitrogen and oxygen atoms in total. The number of nitrogens with one attached hydrogen (secondary N) is 2. The molecule has 0 saturated carbocycles. The third kappa shape index (κ3) is 22.5. The third-order valence-corrected chi connectivity index (χ3v) is 2.28. The Morgan fingerprint density at radius 3 is 1.52 bits per heavy atom. The van der Waals surface area contributed by atoms with Crippen LogP contribution in [0.5, 0.6) is 0 Å². The molecule has 0 aromatic heterocycles. The summed E-state index contributed by atoms with van der Waals surface area (Å²) in [5, 5.41) is 13.9. The van der Waals surface area contributed by atoms with Crippen LogP contribution >= 0.6 is 0 Å². The Bertz CT molecular complexity index is 386. The molecule has 0 aliphatic heterocycles. The van der Waals surface area contributed by atoms with Crippen LogP contribution in [0.25, 0.3) is 0 Å². The minimum atomic E-state index is -0.544. The van der Waals surface area contributed by atoms with Crippen LogP contribution in [0.2, 0.25) is 0 Å². The number of aliphatic hydroxyl groups is 1. The second-order valence-corrected chi connectivity index (χ2v) is 7.66. The van der Waals surface area contributed by atoms with E-state index in [1.165, 1.54) is 0 Å². The number of amides is 2. The van der Waals surface area contributed by atoms with Crippen LogP contribution in [0, 0.1) is 0 Å². The largest absolute Gasteiger partial charge is 0.444 e. The van der Waals surface area contributed by atoms with Crippen molar-refractivity contribution in [3.8, 4) is 0 Å². The molecule has 0 spiro atoms. The summed E-state index contributed by atoms with van der Waals surface area (Å²) in [6.07, 6.45) is -1.44. The van der Waals surface area contributed by atoms with Gasteiger partial charge in [0.2, 0.25) is 0 Å². The summed E-state index contributed by atoms with van der Waals surface area (Å²) in [7, 11) is 1.60. The van der Waals surface area contributed by atoms with Gasteiger partial charge in [-0.05, 0) is 55.4 Å². The first-order valence-electron chi connectivity index (χ1n) is 8.31. The van der Waals surface area contributed by atoms with Gasteiger partial charge in [-0.3, -0.25) is 0 Å². The lowest BCUT2D eigenvalue weighted by Gasteiger charge is -2.20. The maximum Gasteiger partial charge on any atom is 0.407 e. The van der Waals surface area contributed by atoms with E-state index in [1.807, 2.05) is 27.7 Å². The van der Waals surface area contributed by atoms with E-state index >= 15 is 0 Å². The summed E-state index contributed by atoms with van der Waals surface area (Å²) in [5.41, 5.74) is -0.927. The Hall–Kier alpha value is -1.54. The molecule has 25 heavy (non-hydrogen) atoms. The molecule has 2 atom stereocenters. The van der Waals surface area contributed by atoms with Crippen LogP contribution in [0.4, 0.5) is 9.59 Å². The van der Waals surface area contributed by atoms with Gasteiger partial charge in [0.1, 0.15) is 11.2 Å². The number of carbonyl (C=O) groups is 2. The van der Waals surface area contributed by atoms with Crippen molar-refractivity contribution in [3.63, 3.8) is 0 Å². The van der Waals surface area contributed by atoms with Gasteiger partial charge in [-0.1, -0.05) is 0 Å². The summed E-state index contributed by atoms with van der Waals surface area (Å²) < 4.78 is 14.9. The van der Waals surface area contributed by atoms with Crippen LogP contribution in [-0.4, -0.2) is 60.9 Å². The van der Waals surface area contributed by atoms with Crippen LogP contribution in [-0.2, 0) is 14.2 Å². The molecule has 0 radical (unpaired) electrons. The van der Waals surface area contributed by atoms with Gasteiger partial charge in [-0.25, -0.2) is 9.59 Å². The van der Waals surface area contributed by atoms with E-state index in [2.05, 4.69) is 10.6 Å². The number of hydrogen-bond acceptors (Lipinski definition) is 6. The molecule has 3 N–H and O–H groups in total. The maximum absolute atomic E-state index is 11.1. The van der Waals surface area contributed by atoms with E-state index in [1.54, 1.807) is 34.8 Å². The average molecular weight is 364 g/mol. The zero-order valence-corrected chi connectivity index (χ0v) is 17.1. The molecule has 0 fully saturated rings. The molecule has 0 aliphatic carbocycles. The number of ether oxygens (including phenoxy) is 3. The van der Waals surface area contributed by atoms with Gasteiger partial charge in [-0.15, -0.1) is 0 Å². The minimum Gasteiger partial charge on any atom is -0.444 e. The summed E-state index contributed by atoms with van der Waals surface area (Å²) in [4.78, 5) is 22.0. The first kappa shape index (κ1) is 25.7. The zero-order valence-electron chi connectivity index (χ0n) is 17.1. The quantitative estimate of drug-likeness (QED) is 0.692. The van der Waals surface area contributed by atoms with E-state index in [0.717, 1.165) is 0 Å². The number of rotatable bonds is 5. The third-order valence-electron chi connectivity index (χ3n) is 2.28. The monoisotopic (exact) mass is 364 g/mol. The number of alkyl carbamates (subject to hydrolysis) is 2. The van der Waals surface area contributed by atoms with Crippen LogP contribution in [0.3, 0.4) is 0 Å². The first-order valence-corrected chi connectivity index (χ1v) is 8.31. The van der Waals surface area contributed by atoms with E-state index < -0.39 is 29.5 Å². The summed E-state index contributed by atoms with van der Waals surface area (Å²) in [6.45, 7) is 15.0. The highest BCUT2D eigenvalue weighted by molar-refractivity contribution is 5.67. The molecule has 0 aromatic carbocycles. The van der Waals surface area contributed by atoms with Gasteiger partial charge >= 0.3 is 12.2 Å². The molecular weight excluding hydrogens is 328 g/mol. The van der Waals surface area contributed by atoms with Crippen LogP contribution in [0.15, 0.2) is 0 Å². The molecule has 0 heterocycles. The highest BCUT2D eigenvalue weighted by Crippen LogP contribution is 2.06. The lowest BCUT2D eigenvalue weighted by molar-refractivity contribution is 0.0469. The second-order valence-electron chi connectivity index (χ2n) is 7.66. The number of methoxy groups -OCH3 is 1. The lowest BCUT2D eigenvalue weighted by Crippen LogP contribution is -2.36. The Balaban J connectivity index is 0. The predicted octanol–water partition coefficient (Wildman–Crippen LogP) is 2.44. The molecule has 0 bridgehead atoms. The number of hydrogen-bond donors (Lipinski definition) is 3. The molecule has 150 valence electrons. The van der Waals surface area contributed by atoms with Crippen molar-refractivity contribution in [3.05, 3.63) is 0 Å². The first-order chi connectivity index (χ1) is 11.2. The molecule has 0 rings (SSSR count). The van der Waals surface area contributed by atoms with Gasteiger partial charge in [0.15, 0.2) is 0 Å². The Morgan fingerprint density at radius 2 is 1.24 bits per heavy atom. The fourth-order valence-corrected chi connectivity index (χ4v) is 1.17. The van der Waals surface area contributed by atoms with Crippen molar-refractivity contribution in [2.45, 2.75) is 78.8 Å². The van der Waals surface area contributed by atoms with E-state index in [-0.39, 0.29) is 12.6 Å². The highest BCUT2D eigenvalue weighted by Gasteiger charge is 2.16. The van der Waals surface area contributed by atoms with Gasteiger partial charge in [-0.2, -0.15) is 0 Å². The summed E-state index contributed by atoms with van der Waals surface area (Å²) in [5.74, 6) is 0. The fraction of sp³-hybridized carbons (Fsp3) is 0.882. The van der Waals surface area contributed by atoms with Crippen LogP contribution in [0.1, 0.15) is 55.4 Å². The Kier molecular flexibility index (Phi) is 12.3. The van der Waals surface area contributed by atoms with E-state index in [4.69, 9.17) is 19.3 Å². The Labute approximate surface area is 151 Å². The predicted molar refractivity (Wildman–Crippen MR) is 96.6 cm³/mol. The molecule has 0 saturated heterocycles. The van der Waals surface area contributed by atoms with Crippen molar-refractivity contribution >= 4 is 12.2 Å². The SMILES string of the molecule is CO[C@@H](C)CNC(=O)OC(C)(C)C.C[C@H](O)CNC(=O)OC(C)(C)C. The van der Waals surface area contributed by atoms with Crippen molar-refractivity contribution in [2.24, 2.45) is 0 Å². The number of aliphatic hydroxyl groups excluding tert-OH is 1. The minimum absolute atomic E-state index is 0.00696. The molecule has 2 amide bonds. The van der Waals surface area contributed by atoms with Crippen molar-refractivity contribution in [2.75, 3.05) is 20.2 Å². The molecular formula is C17H36N2O6. The van der Waals surface area contributed by atoms with Gasteiger partial charge in [0.05, 0.1) is 12.2 Å². The topological polar surface area (TPSA) is 106 Å². The van der Waals surface area contributed by atoms with Crippen molar-refractivity contribution < 1.29 is 28.9 Å². The smallest absolute Gasteiger partial charge is 0.407 e. The standard InChI is InChI=1S/C9H19NO3.C8H17NO3/c1-7(12-5)6-10-8(11)13-9(2,3)4;1-6(10)5-9-7(11)12-8(2,3)4/h7H,6H2,1-5H3,(H,10,11);6,10H,5H2,1-4H3,(H,9,11)/t7-;6-/m00/s1. The second kappa shape index (κ2) is 11.9. The van der Waals surface area contributed by atoms with Gasteiger partial charge in [0.25, 0.3) is 0 Å². The van der Waals surface area contributed by atoms with E-state index in [0.29, 0.717) is 6.54 Å². The number of carbonyl (C=O) groups excluding carboxylic acids is 2. The van der Waals surface area contributed by atoms with Gasteiger partial charge < -0.3 is 30.0 Å². The fourth-order valence-electron chi connectivity index (χ4n) is 1.17. The summed E-state index contributed by atoms with van der Waals surface area (Å²) in [6, 6.07) is 0. The average Bonchev–Trinajstić information content (AvgIpc) is 2.39. The van der Waals surface area contributed by atoms with Gasteiger partial charge in [0, 0.05) is 20.2 Å². The lowest BCUT2D eigenvalue weighted by atomic mass is 10.2. The van der Waals surface area contributed by atoms with E-state index in [9.17, 15) is 9.59 Å².